The van der Waals surface area contributed by atoms with Crippen molar-refractivity contribution >= 4 is 0 Å². The summed E-state index contributed by atoms with van der Waals surface area (Å²) in [6, 6.07) is 10.6. The SMILES string of the molecule is CC(C)(C)C(Cc1ccccc1)C1(O)CCCCC1. The number of hydrogen-bond donors (Lipinski definition) is 1. The minimum atomic E-state index is -0.466. The van der Waals surface area contributed by atoms with Crippen molar-refractivity contribution in [3.8, 4) is 0 Å². The molecule has 1 aliphatic carbocycles. The number of rotatable bonds is 3. The summed E-state index contributed by atoms with van der Waals surface area (Å²) in [6.07, 6.45) is 6.57. The van der Waals surface area contributed by atoms with Gasteiger partial charge in [0.1, 0.15) is 0 Å². The first-order valence-corrected chi connectivity index (χ1v) is 7.68. The molecule has 1 N–H and O–H groups in total. The van der Waals surface area contributed by atoms with Gasteiger partial charge in [-0.05, 0) is 36.2 Å². The molecule has 1 nitrogen and oxygen atoms in total. The minimum Gasteiger partial charge on any atom is -0.390 e. The lowest BCUT2D eigenvalue weighted by Gasteiger charge is -2.46. The van der Waals surface area contributed by atoms with E-state index in [1.807, 2.05) is 0 Å². The predicted octanol–water partition coefficient (Wildman–Crippen LogP) is 4.59. The zero-order valence-corrected chi connectivity index (χ0v) is 12.7. The van der Waals surface area contributed by atoms with Crippen molar-refractivity contribution in [2.45, 2.75) is 64.9 Å². The molecule has 2 rings (SSSR count). The van der Waals surface area contributed by atoms with Gasteiger partial charge in [-0.2, -0.15) is 0 Å². The van der Waals surface area contributed by atoms with Crippen LogP contribution in [-0.4, -0.2) is 10.7 Å². The zero-order chi connectivity index (χ0) is 13.9. The Bertz CT molecular complexity index is 382. The molecule has 19 heavy (non-hydrogen) atoms. The number of hydrogen-bond acceptors (Lipinski definition) is 1. The summed E-state index contributed by atoms with van der Waals surface area (Å²) < 4.78 is 0. The molecule has 0 heterocycles. The molecule has 1 heteroatoms. The van der Waals surface area contributed by atoms with Crippen molar-refractivity contribution in [1.82, 2.24) is 0 Å². The molecule has 1 unspecified atom stereocenters. The van der Waals surface area contributed by atoms with E-state index < -0.39 is 5.60 Å². The Morgan fingerprint density at radius 3 is 2.16 bits per heavy atom. The van der Waals surface area contributed by atoms with E-state index in [0.29, 0.717) is 5.92 Å². The highest BCUT2D eigenvalue weighted by atomic mass is 16.3. The molecule has 1 aliphatic rings. The summed E-state index contributed by atoms with van der Waals surface area (Å²) in [5.41, 5.74) is 1.02. The summed E-state index contributed by atoms with van der Waals surface area (Å²) in [4.78, 5) is 0. The summed E-state index contributed by atoms with van der Waals surface area (Å²) >= 11 is 0. The first kappa shape index (κ1) is 14.6. The van der Waals surface area contributed by atoms with Gasteiger partial charge < -0.3 is 5.11 Å². The molecule has 0 aromatic heterocycles. The zero-order valence-electron chi connectivity index (χ0n) is 12.7. The third-order valence-electron chi connectivity index (χ3n) is 4.70. The molecule has 0 spiro atoms. The van der Waals surface area contributed by atoms with Crippen LogP contribution in [-0.2, 0) is 6.42 Å². The Hall–Kier alpha value is -0.820. The van der Waals surface area contributed by atoms with Gasteiger partial charge in [0.15, 0.2) is 0 Å². The molecule has 1 atom stereocenters. The van der Waals surface area contributed by atoms with Gasteiger partial charge in [-0.25, -0.2) is 0 Å². The summed E-state index contributed by atoms with van der Waals surface area (Å²) in [7, 11) is 0. The minimum absolute atomic E-state index is 0.141. The highest BCUT2D eigenvalue weighted by Gasteiger charge is 2.43. The van der Waals surface area contributed by atoms with E-state index in [0.717, 1.165) is 19.3 Å². The van der Waals surface area contributed by atoms with Crippen molar-refractivity contribution in [2.24, 2.45) is 11.3 Å². The van der Waals surface area contributed by atoms with Crippen LogP contribution in [0.1, 0.15) is 58.4 Å². The van der Waals surface area contributed by atoms with Gasteiger partial charge in [0.05, 0.1) is 5.60 Å². The molecule has 1 fully saturated rings. The first-order valence-electron chi connectivity index (χ1n) is 7.68. The van der Waals surface area contributed by atoms with Crippen LogP contribution in [0.15, 0.2) is 30.3 Å². The molecule has 0 amide bonds. The molecule has 1 aromatic rings. The lowest BCUT2D eigenvalue weighted by atomic mass is 9.63. The summed E-state index contributed by atoms with van der Waals surface area (Å²) in [6.45, 7) is 6.81. The van der Waals surface area contributed by atoms with Crippen molar-refractivity contribution in [2.75, 3.05) is 0 Å². The summed E-state index contributed by atoms with van der Waals surface area (Å²) in [5.74, 6) is 0.336. The predicted molar refractivity (Wildman–Crippen MR) is 81.1 cm³/mol. The molecule has 0 radical (unpaired) electrons. The van der Waals surface area contributed by atoms with Crippen LogP contribution in [0.3, 0.4) is 0 Å². The Kier molecular flexibility index (Phi) is 4.35. The fourth-order valence-corrected chi connectivity index (χ4v) is 3.66. The van der Waals surface area contributed by atoms with Gasteiger partial charge in [0, 0.05) is 0 Å². The Morgan fingerprint density at radius 1 is 1.05 bits per heavy atom. The third-order valence-corrected chi connectivity index (χ3v) is 4.70. The molecule has 1 saturated carbocycles. The van der Waals surface area contributed by atoms with Crippen LogP contribution in [0, 0.1) is 11.3 Å². The van der Waals surface area contributed by atoms with Gasteiger partial charge in [0.2, 0.25) is 0 Å². The Balaban J connectivity index is 2.21. The number of aliphatic hydroxyl groups is 1. The van der Waals surface area contributed by atoms with E-state index in [1.54, 1.807) is 0 Å². The maximum absolute atomic E-state index is 11.1. The maximum atomic E-state index is 11.1. The highest BCUT2D eigenvalue weighted by molar-refractivity contribution is 5.17. The van der Waals surface area contributed by atoms with E-state index in [-0.39, 0.29) is 5.41 Å². The largest absolute Gasteiger partial charge is 0.390 e. The lowest BCUT2D eigenvalue weighted by molar-refractivity contribution is -0.0867. The van der Waals surface area contributed by atoms with Gasteiger partial charge in [0.25, 0.3) is 0 Å². The first-order chi connectivity index (χ1) is 8.92. The van der Waals surface area contributed by atoms with E-state index in [1.165, 1.54) is 24.8 Å². The highest BCUT2D eigenvalue weighted by Crippen LogP contribution is 2.44. The Labute approximate surface area is 118 Å². The fraction of sp³-hybridized carbons (Fsp3) is 0.667. The third kappa shape index (κ3) is 3.60. The van der Waals surface area contributed by atoms with Crippen LogP contribution in [0.5, 0.6) is 0 Å². The number of benzene rings is 1. The van der Waals surface area contributed by atoms with E-state index in [2.05, 4.69) is 51.1 Å². The maximum Gasteiger partial charge on any atom is 0.0684 e. The summed E-state index contributed by atoms with van der Waals surface area (Å²) in [5, 5.41) is 11.1. The molecule has 0 bridgehead atoms. The molecule has 0 saturated heterocycles. The quantitative estimate of drug-likeness (QED) is 0.843. The van der Waals surface area contributed by atoms with Crippen LogP contribution in [0.4, 0.5) is 0 Å². The van der Waals surface area contributed by atoms with Crippen LogP contribution >= 0.6 is 0 Å². The second-order valence-electron chi connectivity index (χ2n) is 7.27. The molecule has 106 valence electrons. The van der Waals surface area contributed by atoms with Crippen molar-refractivity contribution in [3.05, 3.63) is 35.9 Å². The lowest BCUT2D eigenvalue weighted by Crippen LogP contribution is -2.47. The van der Waals surface area contributed by atoms with Crippen LogP contribution in [0.2, 0.25) is 0 Å². The monoisotopic (exact) mass is 260 g/mol. The second-order valence-corrected chi connectivity index (χ2v) is 7.27. The average Bonchev–Trinajstić information content (AvgIpc) is 2.37. The molecular weight excluding hydrogens is 232 g/mol. The average molecular weight is 260 g/mol. The van der Waals surface area contributed by atoms with Crippen molar-refractivity contribution < 1.29 is 5.11 Å². The van der Waals surface area contributed by atoms with E-state index in [9.17, 15) is 5.11 Å². The van der Waals surface area contributed by atoms with Gasteiger partial charge in [-0.3, -0.25) is 0 Å². The van der Waals surface area contributed by atoms with E-state index in [4.69, 9.17) is 0 Å². The Morgan fingerprint density at radius 2 is 1.63 bits per heavy atom. The van der Waals surface area contributed by atoms with Gasteiger partial charge in [-0.1, -0.05) is 70.4 Å². The molecule has 1 aromatic carbocycles. The van der Waals surface area contributed by atoms with Crippen molar-refractivity contribution in [1.29, 1.82) is 0 Å². The fourth-order valence-electron chi connectivity index (χ4n) is 3.66. The molecule has 0 aliphatic heterocycles. The smallest absolute Gasteiger partial charge is 0.0684 e. The van der Waals surface area contributed by atoms with Gasteiger partial charge >= 0.3 is 0 Å². The normalized spacial score (nSPS) is 21.1. The molecular formula is C18H28O. The standard InChI is InChI=1S/C18H28O/c1-17(2,3)16(14-15-10-6-4-7-11-15)18(19)12-8-5-9-13-18/h4,6-7,10-11,16,19H,5,8-9,12-14H2,1-3H3. The second kappa shape index (κ2) is 5.66. The van der Waals surface area contributed by atoms with Gasteiger partial charge in [-0.15, -0.1) is 0 Å². The topological polar surface area (TPSA) is 20.2 Å². The van der Waals surface area contributed by atoms with Crippen LogP contribution < -0.4 is 0 Å². The van der Waals surface area contributed by atoms with Crippen LogP contribution in [0.25, 0.3) is 0 Å². The van der Waals surface area contributed by atoms with E-state index >= 15 is 0 Å². The van der Waals surface area contributed by atoms with Crippen molar-refractivity contribution in [3.63, 3.8) is 0 Å².